The fourth-order valence-electron chi connectivity index (χ4n) is 3.06. The van der Waals surface area contributed by atoms with Crippen LogP contribution in [-0.4, -0.2) is 28.5 Å². The minimum absolute atomic E-state index is 0.0337. The van der Waals surface area contributed by atoms with Gasteiger partial charge in [0.2, 0.25) is 0 Å². The third-order valence-corrected chi connectivity index (χ3v) is 6.60. The number of nitrogens with zero attached hydrogens (tertiary/aromatic N) is 1. The highest BCUT2D eigenvalue weighted by Gasteiger charge is 2.25. The van der Waals surface area contributed by atoms with Crippen LogP contribution in [0.2, 0.25) is 0 Å². The monoisotopic (exact) mass is 424 g/mol. The maximum Gasteiger partial charge on any atom is 0.264 e. The van der Waals surface area contributed by atoms with Crippen LogP contribution in [0.1, 0.15) is 21.5 Å². The molecule has 0 aliphatic carbocycles. The summed E-state index contributed by atoms with van der Waals surface area (Å²) >= 11 is 0. The molecule has 1 N–H and O–H groups in total. The molecule has 0 aliphatic heterocycles. The molecule has 0 unspecified atom stereocenters. The molecule has 0 atom stereocenters. The number of anilines is 1. The number of hydrogen-bond donors (Lipinski definition) is 1. The van der Waals surface area contributed by atoms with Crippen molar-refractivity contribution >= 4 is 21.6 Å². The Hall–Kier alpha value is -3.32. The number of benzene rings is 3. The lowest BCUT2D eigenvalue weighted by Gasteiger charge is -2.22. The summed E-state index contributed by atoms with van der Waals surface area (Å²) in [6.45, 7) is 2.13. The van der Waals surface area contributed by atoms with Gasteiger partial charge < -0.3 is 10.1 Å². The lowest BCUT2D eigenvalue weighted by atomic mass is 10.1. The van der Waals surface area contributed by atoms with Gasteiger partial charge in [0, 0.05) is 19.2 Å². The van der Waals surface area contributed by atoms with E-state index in [0.29, 0.717) is 29.1 Å². The lowest BCUT2D eigenvalue weighted by Crippen LogP contribution is -2.28. The van der Waals surface area contributed by atoms with Gasteiger partial charge in [-0.3, -0.25) is 9.10 Å². The first-order valence-electron chi connectivity index (χ1n) is 9.39. The number of carbonyl (C=O) groups is 1. The maximum atomic E-state index is 13.2. The number of hydrogen-bond acceptors (Lipinski definition) is 4. The molecule has 0 spiro atoms. The van der Waals surface area contributed by atoms with Crippen molar-refractivity contribution in [3.63, 3.8) is 0 Å². The van der Waals surface area contributed by atoms with Crippen molar-refractivity contribution in [3.05, 3.63) is 89.5 Å². The Bertz CT molecular complexity index is 1140. The summed E-state index contributed by atoms with van der Waals surface area (Å²) in [7, 11) is -0.944. The van der Waals surface area contributed by atoms with E-state index in [1.165, 1.54) is 26.3 Å². The smallest absolute Gasteiger partial charge is 0.264 e. The second kappa shape index (κ2) is 9.00. The van der Waals surface area contributed by atoms with Gasteiger partial charge in [-0.1, -0.05) is 48.5 Å². The Morgan fingerprint density at radius 2 is 1.67 bits per heavy atom. The van der Waals surface area contributed by atoms with Crippen LogP contribution in [0.4, 0.5) is 5.69 Å². The van der Waals surface area contributed by atoms with Gasteiger partial charge in [-0.15, -0.1) is 0 Å². The summed E-state index contributed by atoms with van der Waals surface area (Å²) in [5.41, 5.74) is 2.39. The standard InChI is InChI=1S/C23H24N2O4S/c1-17-13-14-19(15-20(17)23(26)24-16-18-9-5-4-6-10-18)30(27,28)25(2)21-11-7-8-12-22(21)29-3/h4-15H,16H2,1-3H3,(H,24,26). The molecule has 156 valence electrons. The largest absolute Gasteiger partial charge is 0.495 e. The predicted octanol–water partition coefficient (Wildman–Crippen LogP) is 3.76. The van der Waals surface area contributed by atoms with Gasteiger partial charge in [0.05, 0.1) is 17.7 Å². The SMILES string of the molecule is COc1ccccc1N(C)S(=O)(=O)c1ccc(C)c(C(=O)NCc2ccccc2)c1. The first-order chi connectivity index (χ1) is 14.3. The summed E-state index contributed by atoms with van der Waals surface area (Å²) in [6, 6.07) is 20.9. The van der Waals surface area contributed by atoms with Crippen molar-refractivity contribution < 1.29 is 17.9 Å². The van der Waals surface area contributed by atoms with Crippen LogP contribution in [0.15, 0.2) is 77.7 Å². The number of rotatable bonds is 7. The van der Waals surface area contributed by atoms with Crippen molar-refractivity contribution in [1.29, 1.82) is 0 Å². The molecular formula is C23H24N2O4S. The number of methoxy groups -OCH3 is 1. The van der Waals surface area contributed by atoms with E-state index in [1.807, 2.05) is 30.3 Å². The number of sulfonamides is 1. The van der Waals surface area contributed by atoms with Crippen molar-refractivity contribution in [2.45, 2.75) is 18.4 Å². The van der Waals surface area contributed by atoms with Crippen molar-refractivity contribution in [3.8, 4) is 5.75 Å². The lowest BCUT2D eigenvalue weighted by molar-refractivity contribution is 0.0950. The normalized spacial score (nSPS) is 11.0. The van der Waals surface area contributed by atoms with E-state index in [1.54, 1.807) is 37.3 Å². The van der Waals surface area contributed by atoms with Crippen LogP contribution in [0, 0.1) is 6.92 Å². The molecule has 30 heavy (non-hydrogen) atoms. The number of amides is 1. The third-order valence-electron chi connectivity index (χ3n) is 4.83. The van der Waals surface area contributed by atoms with Crippen molar-refractivity contribution in [1.82, 2.24) is 5.32 Å². The molecule has 0 saturated heterocycles. The summed E-state index contributed by atoms with van der Waals surface area (Å²) in [6.07, 6.45) is 0. The third kappa shape index (κ3) is 4.46. The fraction of sp³-hybridized carbons (Fsp3) is 0.174. The molecule has 0 radical (unpaired) electrons. The van der Waals surface area contributed by atoms with E-state index in [9.17, 15) is 13.2 Å². The number of carbonyl (C=O) groups excluding carboxylic acids is 1. The van der Waals surface area contributed by atoms with Crippen molar-refractivity contribution in [2.24, 2.45) is 0 Å². The zero-order valence-corrected chi connectivity index (χ0v) is 17.9. The molecule has 7 heteroatoms. The van der Waals surface area contributed by atoms with Gasteiger partial charge in [-0.25, -0.2) is 8.42 Å². The fourth-order valence-corrected chi connectivity index (χ4v) is 4.29. The molecule has 0 saturated carbocycles. The van der Waals surface area contributed by atoms with Crippen LogP contribution in [0.5, 0.6) is 5.75 Å². The Kier molecular flexibility index (Phi) is 6.42. The predicted molar refractivity (Wildman–Crippen MR) is 117 cm³/mol. The summed E-state index contributed by atoms with van der Waals surface area (Å²) in [5.74, 6) is 0.116. The average Bonchev–Trinajstić information content (AvgIpc) is 2.77. The second-order valence-corrected chi connectivity index (χ2v) is 8.76. The molecule has 0 aromatic heterocycles. The molecule has 1 amide bonds. The van der Waals surface area contributed by atoms with E-state index in [-0.39, 0.29) is 10.8 Å². The zero-order chi connectivity index (χ0) is 21.7. The average molecular weight is 425 g/mol. The number of aryl methyl sites for hydroxylation is 1. The van der Waals surface area contributed by atoms with Gasteiger partial charge in [0.25, 0.3) is 15.9 Å². The molecule has 3 rings (SSSR count). The van der Waals surface area contributed by atoms with E-state index in [4.69, 9.17) is 4.74 Å². The highest BCUT2D eigenvalue weighted by Crippen LogP contribution is 2.31. The van der Waals surface area contributed by atoms with Crippen LogP contribution < -0.4 is 14.4 Å². The highest BCUT2D eigenvalue weighted by molar-refractivity contribution is 7.92. The zero-order valence-electron chi connectivity index (χ0n) is 17.1. The van der Waals surface area contributed by atoms with Crippen LogP contribution in [0.25, 0.3) is 0 Å². The van der Waals surface area contributed by atoms with Crippen LogP contribution in [0.3, 0.4) is 0 Å². The van der Waals surface area contributed by atoms with E-state index < -0.39 is 10.0 Å². The Morgan fingerprint density at radius 1 is 1.00 bits per heavy atom. The quantitative estimate of drug-likeness (QED) is 0.627. The Balaban J connectivity index is 1.88. The molecule has 0 bridgehead atoms. The molecule has 3 aromatic rings. The van der Waals surface area contributed by atoms with Gasteiger partial charge in [-0.2, -0.15) is 0 Å². The van der Waals surface area contributed by atoms with Gasteiger partial charge in [0.1, 0.15) is 5.75 Å². The molecule has 6 nitrogen and oxygen atoms in total. The van der Waals surface area contributed by atoms with E-state index in [2.05, 4.69) is 5.32 Å². The molecular weight excluding hydrogens is 400 g/mol. The highest BCUT2D eigenvalue weighted by atomic mass is 32.2. The van der Waals surface area contributed by atoms with E-state index in [0.717, 1.165) is 9.87 Å². The molecule has 0 heterocycles. The minimum atomic E-state index is -3.89. The number of para-hydroxylation sites is 2. The topological polar surface area (TPSA) is 75.7 Å². The molecule has 0 aliphatic rings. The van der Waals surface area contributed by atoms with E-state index >= 15 is 0 Å². The van der Waals surface area contributed by atoms with Crippen LogP contribution >= 0.6 is 0 Å². The molecule has 3 aromatic carbocycles. The summed E-state index contributed by atoms with van der Waals surface area (Å²) < 4.78 is 32.8. The van der Waals surface area contributed by atoms with Gasteiger partial charge in [-0.05, 0) is 42.3 Å². The Labute approximate surface area is 177 Å². The van der Waals surface area contributed by atoms with Gasteiger partial charge >= 0.3 is 0 Å². The van der Waals surface area contributed by atoms with Crippen molar-refractivity contribution in [2.75, 3.05) is 18.5 Å². The summed E-state index contributed by atoms with van der Waals surface area (Å²) in [5, 5.41) is 2.85. The number of ether oxygens (including phenoxy) is 1. The Morgan fingerprint density at radius 3 is 2.37 bits per heavy atom. The minimum Gasteiger partial charge on any atom is -0.495 e. The first-order valence-corrected chi connectivity index (χ1v) is 10.8. The molecule has 0 fully saturated rings. The van der Waals surface area contributed by atoms with Gasteiger partial charge in [0.15, 0.2) is 0 Å². The maximum absolute atomic E-state index is 13.2. The first kappa shape index (κ1) is 21.4. The number of nitrogens with one attached hydrogen (secondary N) is 1. The second-order valence-electron chi connectivity index (χ2n) is 6.79. The van der Waals surface area contributed by atoms with Crippen LogP contribution in [-0.2, 0) is 16.6 Å². The summed E-state index contributed by atoms with van der Waals surface area (Å²) in [4.78, 5) is 12.8.